The first-order valence-electron chi connectivity index (χ1n) is 12.4. The Kier molecular flexibility index (Phi) is 8.22. The van der Waals surface area contributed by atoms with Gasteiger partial charge in [-0.25, -0.2) is 4.98 Å². The van der Waals surface area contributed by atoms with Crippen LogP contribution >= 0.6 is 34.7 Å². The van der Waals surface area contributed by atoms with Gasteiger partial charge in [-0.15, -0.1) is 10.2 Å². The number of carbonyl (C=O) groups excluding carboxylic acids is 1. The number of halogens is 1. The summed E-state index contributed by atoms with van der Waals surface area (Å²) in [4.78, 5) is 22.7. The number of para-hydroxylation sites is 1. The quantitative estimate of drug-likeness (QED) is 0.260. The second kappa shape index (κ2) is 11.8. The number of nitrogens with zero attached hydrogens (tertiary/aromatic N) is 4. The third-order valence-corrected chi connectivity index (χ3v) is 8.77. The molecule has 3 aromatic heterocycles. The molecule has 0 unspecified atom stereocenters. The van der Waals surface area contributed by atoms with E-state index in [2.05, 4.69) is 26.6 Å². The lowest BCUT2D eigenvalue weighted by molar-refractivity contribution is -0.126. The standard InChI is InChI=1S/C27H28ClN5O2S2/c1-16-11-24(37-27-33-32-17(2)36-27)20-9-6-10-23(25(20)31-16)35-15-21-19(12-29-14-22(21)28)13-30-26(34)18-7-4-3-5-8-18/h6,9-12,14,18H,3-5,7-8,13,15H2,1-2H3,(H,30,34). The number of ether oxygens (including phenoxy) is 1. The predicted octanol–water partition coefficient (Wildman–Crippen LogP) is 6.68. The number of aromatic nitrogens is 4. The van der Waals surface area contributed by atoms with Crippen molar-refractivity contribution in [3.63, 3.8) is 0 Å². The Morgan fingerprint density at radius 2 is 2.03 bits per heavy atom. The van der Waals surface area contributed by atoms with Crippen LogP contribution in [0, 0.1) is 19.8 Å². The minimum Gasteiger partial charge on any atom is -0.487 e. The van der Waals surface area contributed by atoms with Crippen LogP contribution < -0.4 is 10.1 Å². The van der Waals surface area contributed by atoms with E-state index in [4.69, 9.17) is 21.3 Å². The van der Waals surface area contributed by atoms with E-state index in [1.807, 2.05) is 32.0 Å². The molecule has 5 rings (SSSR count). The molecule has 7 nitrogen and oxygen atoms in total. The zero-order valence-electron chi connectivity index (χ0n) is 20.8. The molecule has 0 saturated heterocycles. The number of benzene rings is 1. The molecule has 37 heavy (non-hydrogen) atoms. The smallest absolute Gasteiger partial charge is 0.223 e. The molecule has 1 aliphatic carbocycles. The van der Waals surface area contributed by atoms with Gasteiger partial charge in [0.25, 0.3) is 0 Å². The molecule has 0 aliphatic heterocycles. The van der Waals surface area contributed by atoms with Crippen LogP contribution in [-0.2, 0) is 17.9 Å². The van der Waals surface area contributed by atoms with Gasteiger partial charge in [-0.3, -0.25) is 9.78 Å². The molecule has 192 valence electrons. The number of aryl methyl sites for hydroxylation is 2. The topological polar surface area (TPSA) is 89.9 Å². The summed E-state index contributed by atoms with van der Waals surface area (Å²) in [5.41, 5.74) is 3.33. The van der Waals surface area contributed by atoms with Crippen LogP contribution in [0.3, 0.4) is 0 Å². The number of nitrogens with one attached hydrogen (secondary N) is 1. The first-order chi connectivity index (χ1) is 18.0. The second-order valence-corrected chi connectivity index (χ2v) is 12.1. The summed E-state index contributed by atoms with van der Waals surface area (Å²) in [5, 5.41) is 13.9. The lowest BCUT2D eigenvalue weighted by Crippen LogP contribution is -2.31. The summed E-state index contributed by atoms with van der Waals surface area (Å²) in [5.74, 6) is 0.874. The van der Waals surface area contributed by atoms with Crippen molar-refractivity contribution < 1.29 is 9.53 Å². The van der Waals surface area contributed by atoms with Gasteiger partial charge in [0, 0.05) is 46.4 Å². The van der Waals surface area contributed by atoms with Crippen molar-refractivity contribution in [3.05, 3.63) is 63.5 Å². The molecule has 0 atom stereocenters. The van der Waals surface area contributed by atoms with Gasteiger partial charge in [0.15, 0.2) is 4.34 Å². The molecule has 0 bridgehead atoms. The molecule has 1 aliphatic rings. The van der Waals surface area contributed by atoms with Gasteiger partial charge in [-0.05, 0) is 44.4 Å². The Morgan fingerprint density at radius 3 is 2.81 bits per heavy atom. The van der Waals surface area contributed by atoms with Gasteiger partial charge in [-0.2, -0.15) is 0 Å². The summed E-state index contributed by atoms with van der Waals surface area (Å²) in [6.45, 7) is 4.53. The van der Waals surface area contributed by atoms with Gasteiger partial charge in [0.1, 0.15) is 22.9 Å². The average Bonchev–Trinajstić information content (AvgIpc) is 3.31. The van der Waals surface area contributed by atoms with Crippen LogP contribution in [0.5, 0.6) is 5.75 Å². The van der Waals surface area contributed by atoms with E-state index in [0.29, 0.717) is 17.3 Å². The SMILES string of the molecule is Cc1cc(Sc2nnc(C)s2)c2cccc(OCc3c(Cl)cncc3CNC(=O)C3CCCCC3)c2n1. The Hall–Kier alpha value is -2.75. The van der Waals surface area contributed by atoms with E-state index in [1.54, 1.807) is 35.5 Å². The van der Waals surface area contributed by atoms with Crippen LogP contribution in [0.2, 0.25) is 5.02 Å². The molecule has 1 fully saturated rings. The lowest BCUT2D eigenvalue weighted by Gasteiger charge is -2.21. The Bertz CT molecular complexity index is 1420. The number of pyridine rings is 2. The minimum absolute atomic E-state index is 0.0988. The van der Waals surface area contributed by atoms with E-state index < -0.39 is 0 Å². The monoisotopic (exact) mass is 553 g/mol. The molecule has 1 amide bonds. The van der Waals surface area contributed by atoms with Crippen LogP contribution in [0.4, 0.5) is 0 Å². The normalized spacial score (nSPS) is 14.1. The fourth-order valence-electron chi connectivity index (χ4n) is 4.58. The van der Waals surface area contributed by atoms with Crippen LogP contribution in [0.15, 0.2) is 45.9 Å². The first-order valence-corrected chi connectivity index (χ1v) is 14.4. The maximum atomic E-state index is 12.7. The van der Waals surface area contributed by atoms with Crippen molar-refractivity contribution in [3.8, 4) is 5.75 Å². The molecule has 1 aromatic carbocycles. The Morgan fingerprint density at radius 1 is 1.19 bits per heavy atom. The largest absolute Gasteiger partial charge is 0.487 e. The van der Waals surface area contributed by atoms with E-state index in [1.165, 1.54) is 6.42 Å². The van der Waals surface area contributed by atoms with E-state index in [0.717, 1.165) is 67.6 Å². The van der Waals surface area contributed by atoms with Gasteiger partial charge >= 0.3 is 0 Å². The summed E-state index contributed by atoms with van der Waals surface area (Å²) in [7, 11) is 0. The van der Waals surface area contributed by atoms with Crippen LogP contribution in [-0.4, -0.2) is 26.1 Å². The average molecular weight is 554 g/mol. The zero-order valence-corrected chi connectivity index (χ0v) is 23.2. The van der Waals surface area contributed by atoms with Gasteiger partial charge < -0.3 is 10.1 Å². The number of amides is 1. The number of hydrogen-bond acceptors (Lipinski definition) is 8. The van der Waals surface area contributed by atoms with Crippen LogP contribution in [0.25, 0.3) is 10.9 Å². The van der Waals surface area contributed by atoms with Crippen molar-refractivity contribution in [2.75, 3.05) is 0 Å². The van der Waals surface area contributed by atoms with Gasteiger partial charge in [-0.1, -0.05) is 66.1 Å². The number of hydrogen-bond donors (Lipinski definition) is 1. The first kappa shape index (κ1) is 25.9. The van der Waals surface area contributed by atoms with Crippen molar-refractivity contribution in [1.29, 1.82) is 0 Å². The fraction of sp³-hybridized carbons (Fsp3) is 0.370. The highest BCUT2D eigenvalue weighted by molar-refractivity contribution is 8.01. The number of carbonyl (C=O) groups is 1. The van der Waals surface area contributed by atoms with Crippen molar-refractivity contribution in [2.24, 2.45) is 5.92 Å². The summed E-state index contributed by atoms with van der Waals surface area (Å²) in [6.07, 6.45) is 8.73. The summed E-state index contributed by atoms with van der Waals surface area (Å²) >= 11 is 9.68. The third kappa shape index (κ3) is 6.22. The fourth-order valence-corrected chi connectivity index (χ4v) is 6.80. The molecule has 0 radical (unpaired) electrons. The molecule has 4 aromatic rings. The van der Waals surface area contributed by atoms with E-state index in [-0.39, 0.29) is 18.4 Å². The highest BCUT2D eigenvalue weighted by Crippen LogP contribution is 2.38. The molecule has 3 heterocycles. The highest BCUT2D eigenvalue weighted by Gasteiger charge is 2.21. The van der Waals surface area contributed by atoms with Gasteiger partial charge in [0.05, 0.1) is 5.02 Å². The van der Waals surface area contributed by atoms with Crippen molar-refractivity contribution >= 4 is 51.5 Å². The molecule has 0 spiro atoms. The van der Waals surface area contributed by atoms with Crippen molar-refractivity contribution in [2.45, 2.75) is 68.3 Å². The van der Waals surface area contributed by atoms with E-state index in [9.17, 15) is 4.79 Å². The second-order valence-electron chi connectivity index (χ2n) is 9.20. The molecular weight excluding hydrogens is 526 g/mol. The van der Waals surface area contributed by atoms with Crippen molar-refractivity contribution in [1.82, 2.24) is 25.5 Å². The predicted molar refractivity (Wildman–Crippen MR) is 147 cm³/mol. The molecular formula is C27H28ClN5O2S2. The maximum absolute atomic E-state index is 12.7. The molecule has 1 N–H and O–H groups in total. The molecule has 10 heteroatoms. The minimum atomic E-state index is 0.0988. The summed E-state index contributed by atoms with van der Waals surface area (Å²) in [6, 6.07) is 7.97. The number of rotatable bonds is 8. The Balaban J connectivity index is 1.35. The van der Waals surface area contributed by atoms with Crippen LogP contribution in [0.1, 0.15) is 53.9 Å². The van der Waals surface area contributed by atoms with Gasteiger partial charge in [0.2, 0.25) is 5.91 Å². The zero-order chi connectivity index (χ0) is 25.8. The lowest BCUT2D eigenvalue weighted by atomic mass is 9.88. The third-order valence-electron chi connectivity index (χ3n) is 6.49. The Labute approximate surface area is 229 Å². The molecule has 1 saturated carbocycles. The van der Waals surface area contributed by atoms with E-state index >= 15 is 0 Å². The highest BCUT2D eigenvalue weighted by atomic mass is 35.5. The number of fused-ring (bicyclic) bond motifs is 1. The maximum Gasteiger partial charge on any atom is 0.223 e. The summed E-state index contributed by atoms with van der Waals surface area (Å²) < 4.78 is 7.18.